The zero-order chi connectivity index (χ0) is 19.6. The van der Waals surface area contributed by atoms with E-state index in [1.807, 2.05) is 35.2 Å². The maximum Gasteiger partial charge on any atom is 0.230 e. The summed E-state index contributed by atoms with van der Waals surface area (Å²) in [5.74, 6) is 1.69. The summed E-state index contributed by atoms with van der Waals surface area (Å²) in [6.45, 7) is 3.56. The van der Waals surface area contributed by atoms with Gasteiger partial charge >= 0.3 is 0 Å². The van der Waals surface area contributed by atoms with Crippen LogP contribution >= 0.6 is 0 Å². The third-order valence-electron chi connectivity index (χ3n) is 5.92. The molecule has 1 aromatic heterocycles. The highest BCUT2D eigenvalue weighted by Crippen LogP contribution is 2.48. The molecule has 7 heteroatoms. The summed E-state index contributed by atoms with van der Waals surface area (Å²) < 4.78 is 5.37. The number of amides is 2. The molecule has 0 atom stereocenters. The number of rotatable bonds is 6. The van der Waals surface area contributed by atoms with Crippen molar-refractivity contribution in [3.05, 3.63) is 47.6 Å². The van der Waals surface area contributed by atoms with Gasteiger partial charge in [-0.1, -0.05) is 35.5 Å². The molecule has 0 radical (unpaired) electrons. The molecule has 7 nitrogen and oxygen atoms in total. The Morgan fingerprint density at radius 1 is 1.21 bits per heavy atom. The molecular formula is C21H26N4O3. The molecule has 2 fully saturated rings. The van der Waals surface area contributed by atoms with Crippen LogP contribution in [0.5, 0.6) is 0 Å². The van der Waals surface area contributed by atoms with Crippen molar-refractivity contribution >= 4 is 11.8 Å². The zero-order valence-electron chi connectivity index (χ0n) is 16.2. The van der Waals surface area contributed by atoms with Crippen molar-refractivity contribution in [2.75, 3.05) is 19.6 Å². The lowest BCUT2D eigenvalue weighted by Gasteiger charge is -2.29. The van der Waals surface area contributed by atoms with Crippen molar-refractivity contribution in [2.24, 2.45) is 0 Å². The van der Waals surface area contributed by atoms with E-state index in [4.69, 9.17) is 4.52 Å². The summed E-state index contributed by atoms with van der Waals surface area (Å²) in [6.07, 6.45) is 4.03. The van der Waals surface area contributed by atoms with Gasteiger partial charge in [0.05, 0.1) is 5.41 Å². The molecule has 2 heterocycles. The van der Waals surface area contributed by atoms with E-state index in [9.17, 15) is 9.59 Å². The lowest BCUT2D eigenvalue weighted by atomic mass is 9.95. The lowest BCUT2D eigenvalue weighted by molar-refractivity contribution is -0.129. The summed E-state index contributed by atoms with van der Waals surface area (Å²) in [6, 6.07) is 9.96. The summed E-state index contributed by atoms with van der Waals surface area (Å²) in [4.78, 5) is 30.4. The Morgan fingerprint density at radius 3 is 2.57 bits per heavy atom. The highest BCUT2D eigenvalue weighted by molar-refractivity contribution is 5.91. The molecule has 28 heavy (non-hydrogen) atoms. The standard InChI is InChI=1S/C21H26N4O3/c1-15(26)25-13-8-16(9-14-25)19-23-18(28-24-19)7-12-22-20(27)21(10-11-21)17-5-3-2-4-6-17/h2-6,16H,7-14H2,1H3,(H,22,27). The van der Waals surface area contributed by atoms with Crippen LogP contribution in [0.4, 0.5) is 0 Å². The van der Waals surface area contributed by atoms with E-state index in [0.29, 0.717) is 24.7 Å². The Kier molecular flexibility index (Phi) is 5.15. The summed E-state index contributed by atoms with van der Waals surface area (Å²) >= 11 is 0. The second kappa shape index (κ2) is 7.73. The fraction of sp³-hybridized carbons (Fsp3) is 0.524. The number of hydrogen-bond donors (Lipinski definition) is 1. The van der Waals surface area contributed by atoms with Crippen LogP contribution in [0.2, 0.25) is 0 Å². The highest BCUT2D eigenvalue weighted by Gasteiger charge is 2.50. The fourth-order valence-electron chi connectivity index (χ4n) is 3.97. The van der Waals surface area contributed by atoms with Gasteiger partial charge < -0.3 is 14.7 Å². The average Bonchev–Trinajstić information content (AvgIpc) is 3.41. The van der Waals surface area contributed by atoms with E-state index in [2.05, 4.69) is 15.5 Å². The van der Waals surface area contributed by atoms with Crippen molar-refractivity contribution in [1.29, 1.82) is 0 Å². The van der Waals surface area contributed by atoms with Gasteiger partial charge in [0.2, 0.25) is 17.7 Å². The van der Waals surface area contributed by atoms with Gasteiger partial charge in [-0.05, 0) is 31.2 Å². The first-order valence-corrected chi connectivity index (χ1v) is 10.0. The number of aromatic nitrogens is 2. The lowest BCUT2D eigenvalue weighted by Crippen LogP contribution is -2.36. The predicted molar refractivity (Wildman–Crippen MR) is 103 cm³/mol. The molecule has 1 aromatic carbocycles. The molecule has 2 aromatic rings. The van der Waals surface area contributed by atoms with Gasteiger partial charge in [-0.3, -0.25) is 9.59 Å². The first-order chi connectivity index (χ1) is 13.6. The van der Waals surface area contributed by atoms with Crippen LogP contribution in [0.1, 0.15) is 55.8 Å². The molecule has 1 N–H and O–H groups in total. The van der Waals surface area contributed by atoms with Crippen molar-refractivity contribution in [2.45, 2.75) is 50.4 Å². The third-order valence-corrected chi connectivity index (χ3v) is 5.92. The van der Waals surface area contributed by atoms with Gasteiger partial charge in [0.25, 0.3) is 0 Å². The summed E-state index contributed by atoms with van der Waals surface area (Å²) in [5, 5.41) is 7.14. The van der Waals surface area contributed by atoms with Gasteiger partial charge in [-0.15, -0.1) is 0 Å². The number of carbonyl (C=O) groups excluding carboxylic acids is 2. The number of nitrogens with one attached hydrogen (secondary N) is 1. The van der Waals surface area contributed by atoms with E-state index in [-0.39, 0.29) is 23.1 Å². The monoisotopic (exact) mass is 382 g/mol. The Balaban J connectivity index is 1.26. The maximum absolute atomic E-state index is 12.6. The summed E-state index contributed by atoms with van der Waals surface area (Å²) in [7, 11) is 0. The number of nitrogens with zero attached hydrogens (tertiary/aromatic N) is 3. The van der Waals surface area contributed by atoms with Crippen LogP contribution in [-0.2, 0) is 21.4 Å². The Bertz CT molecular complexity index is 836. The normalized spacial score (nSPS) is 18.7. The van der Waals surface area contributed by atoms with Crippen LogP contribution in [-0.4, -0.2) is 46.5 Å². The van der Waals surface area contributed by atoms with Crippen LogP contribution in [0.25, 0.3) is 0 Å². The van der Waals surface area contributed by atoms with Crippen LogP contribution < -0.4 is 5.32 Å². The molecule has 1 saturated heterocycles. The van der Waals surface area contributed by atoms with Gasteiger partial charge in [-0.2, -0.15) is 4.98 Å². The molecule has 0 bridgehead atoms. The smallest absolute Gasteiger partial charge is 0.230 e. The van der Waals surface area contributed by atoms with Gasteiger partial charge in [-0.25, -0.2) is 0 Å². The molecule has 1 aliphatic carbocycles. The Hall–Kier alpha value is -2.70. The third kappa shape index (κ3) is 3.79. The predicted octanol–water partition coefficient (Wildman–Crippen LogP) is 2.19. The minimum atomic E-state index is -0.355. The van der Waals surface area contributed by atoms with Gasteiger partial charge in [0.15, 0.2) is 5.82 Å². The molecule has 1 saturated carbocycles. The number of likely N-dealkylation sites (tertiary alicyclic amines) is 1. The molecule has 0 unspecified atom stereocenters. The van der Waals surface area contributed by atoms with Crippen molar-refractivity contribution in [3.63, 3.8) is 0 Å². The van der Waals surface area contributed by atoms with Crippen LogP contribution in [0.15, 0.2) is 34.9 Å². The van der Waals surface area contributed by atoms with Crippen molar-refractivity contribution < 1.29 is 14.1 Å². The molecule has 2 amide bonds. The van der Waals surface area contributed by atoms with E-state index in [1.165, 1.54) is 0 Å². The Morgan fingerprint density at radius 2 is 1.93 bits per heavy atom. The number of hydrogen-bond acceptors (Lipinski definition) is 5. The first kappa shape index (κ1) is 18.7. The van der Waals surface area contributed by atoms with Gasteiger partial charge in [0.1, 0.15) is 0 Å². The number of benzene rings is 1. The molecular weight excluding hydrogens is 356 g/mol. The van der Waals surface area contributed by atoms with E-state index >= 15 is 0 Å². The van der Waals surface area contributed by atoms with E-state index in [0.717, 1.165) is 44.3 Å². The average molecular weight is 382 g/mol. The second-order valence-corrected chi connectivity index (χ2v) is 7.78. The minimum Gasteiger partial charge on any atom is -0.355 e. The topological polar surface area (TPSA) is 88.3 Å². The van der Waals surface area contributed by atoms with Crippen molar-refractivity contribution in [3.8, 4) is 0 Å². The highest BCUT2D eigenvalue weighted by atomic mass is 16.5. The SMILES string of the molecule is CC(=O)N1CCC(c2noc(CCNC(=O)C3(c4ccccc4)CC3)n2)CC1. The largest absolute Gasteiger partial charge is 0.355 e. The maximum atomic E-state index is 12.6. The van der Waals surface area contributed by atoms with E-state index in [1.54, 1.807) is 6.92 Å². The molecule has 0 spiro atoms. The molecule has 4 rings (SSSR count). The summed E-state index contributed by atoms with van der Waals surface area (Å²) in [5.41, 5.74) is 0.732. The van der Waals surface area contributed by atoms with Crippen LogP contribution in [0.3, 0.4) is 0 Å². The fourth-order valence-corrected chi connectivity index (χ4v) is 3.97. The Labute approximate surface area is 164 Å². The van der Waals surface area contributed by atoms with Crippen molar-refractivity contribution in [1.82, 2.24) is 20.4 Å². The first-order valence-electron chi connectivity index (χ1n) is 10.0. The van der Waals surface area contributed by atoms with E-state index < -0.39 is 0 Å². The zero-order valence-corrected chi connectivity index (χ0v) is 16.2. The van der Waals surface area contributed by atoms with Crippen LogP contribution in [0, 0.1) is 0 Å². The molecule has 1 aliphatic heterocycles. The molecule has 2 aliphatic rings. The van der Waals surface area contributed by atoms with Gasteiger partial charge in [0, 0.05) is 38.9 Å². The quantitative estimate of drug-likeness (QED) is 0.827. The number of piperidine rings is 1. The number of carbonyl (C=O) groups is 2. The molecule has 148 valence electrons. The second-order valence-electron chi connectivity index (χ2n) is 7.78. The minimum absolute atomic E-state index is 0.0787.